The number of pyridine rings is 1. The number of piperidine rings is 1. The average Bonchev–Trinajstić information content (AvgIpc) is 2.39. The molecular formula is C15H25N3O2. The summed E-state index contributed by atoms with van der Waals surface area (Å²) in [4.78, 5) is 17.1. The summed E-state index contributed by atoms with van der Waals surface area (Å²) in [5, 5.41) is 0. The zero-order chi connectivity index (χ0) is 15.0. The van der Waals surface area contributed by atoms with Gasteiger partial charge < -0.3 is 15.4 Å². The van der Waals surface area contributed by atoms with E-state index in [4.69, 9.17) is 10.5 Å². The second kappa shape index (κ2) is 7.72. The van der Waals surface area contributed by atoms with Crippen molar-refractivity contribution in [2.24, 2.45) is 0 Å². The van der Waals surface area contributed by atoms with Gasteiger partial charge in [0.1, 0.15) is 11.4 Å². The molecule has 1 saturated heterocycles. The van der Waals surface area contributed by atoms with Gasteiger partial charge in [0.15, 0.2) is 0 Å². The third-order valence-electron chi connectivity index (χ3n) is 2.70. The van der Waals surface area contributed by atoms with Crippen molar-refractivity contribution >= 4 is 11.9 Å². The highest BCUT2D eigenvalue weighted by Gasteiger charge is 2.22. The summed E-state index contributed by atoms with van der Waals surface area (Å²) < 4.78 is 5.26. The molecule has 20 heavy (non-hydrogen) atoms. The van der Waals surface area contributed by atoms with Crippen LogP contribution < -0.4 is 5.73 Å². The Morgan fingerprint density at radius 3 is 2.30 bits per heavy atom. The second-order valence-corrected chi connectivity index (χ2v) is 5.78. The Labute approximate surface area is 121 Å². The van der Waals surface area contributed by atoms with E-state index in [1.807, 2.05) is 32.9 Å². The largest absolute Gasteiger partial charge is 0.444 e. The third kappa shape index (κ3) is 6.97. The molecule has 0 bridgehead atoms. The molecule has 0 aromatic carbocycles. The van der Waals surface area contributed by atoms with Gasteiger partial charge >= 0.3 is 6.09 Å². The van der Waals surface area contributed by atoms with Gasteiger partial charge in [-0.15, -0.1) is 0 Å². The number of carbonyl (C=O) groups is 1. The molecule has 5 heteroatoms. The first-order valence-electron chi connectivity index (χ1n) is 7.03. The van der Waals surface area contributed by atoms with E-state index in [9.17, 15) is 4.79 Å². The van der Waals surface area contributed by atoms with Crippen LogP contribution in [0, 0.1) is 0 Å². The molecule has 1 aliphatic heterocycles. The summed E-state index contributed by atoms with van der Waals surface area (Å²) in [6.07, 6.45) is 4.96. The molecule has 112 valence electrons. The fraction of sp³-hybridized carbons (Fsp3) is 0.600. The number of hydrogen-bond donors (Lipinski definition) is 1. The molecule has 2 N–H and O–H groups in total. The topological polar surface area (TPSA) is 68.5 Å². The first kappa shape index (κ1) is 16.3. The highest BCUT2D eigenvalue weighted by atomic mass is 16.6. The number of ether oxygens (including phenoxy) is 1. The molecule has 0 saturated carbocycles. The summed E-state index contributed by atoms with van der Waals surface area (Å²) in [5.74, 6) is 0.572. The summed E-state index contributed by atoms with van der Waals surface area (Å²) in [6, 6.07) is 5.43. The van der Waals surface area contributed by atoms with Crippen LogP contribution in [0.1, 0.15) is 40.0 Å². The van der Waals surface area contributed by atoms with Crippen LogP contribution >= 0.6 is 0 Å². The number of nitrogens with two attached hydrogens (primary N) is 1. The maximum absolute atomic E-state index is 11.5. The summed E-state index contributed by atoms with van der Waals surface area (Å²) in [5.41, 5.74) is 4.88. The van der Waals surface area contributed by atoms with E-state index in [-0.39, 0.29) is 11.7 Å². The van der Waals surface area contributed by atoms with E-state index in [1.54, 1.807) is 17.2 Å². The number of hydrogen-bond acceptors (Lipinski definition) is 4. The van der Waals surface area contributed by atoms with Crippen LogP contribution in [-0.2, 0) is 4.74 Å². The van der Waals surface area contributed by atoms with Crippen molar-refractivity contribution in [2.75, 3.05) is 18.8 Å². The van der Waals surface area contributed by atoms with Gasteiger partial charge in [0.05, 0.1) is 0 Å². The molecule has 1 amide bonds. The molecule has 5 nitrogen and oxygen atoms in total. The lowest BCUT2D eigenvalue weighted by molar-refractivity contribution is 0.0216. The lowest BCUT2D eigenvalue weighted by atomic mass is 10.1. The van der Waals surface area contributed by atoms with E-state index in [2.05, 4.69) is 4.98 Å². The van der Waals surface area contributed by atoms with Crippen LogP contribution in [0.4, 0.5) is 10.6 Å². The maximum atomic E-state index is 11.5. The van der Waals surface area contributed by atoms with Gasteiger partial charge in [-0.25, -0.2) is 9.78 Å². The molecule has 1 aliphatic rings. The Morgan fingerprint density at radius 1 is 1.25 bits per heavy atom. The van der Waals surface area contributed by atoms with Crippen LogP contribution in [0.2, 0.25) is 0 Å². The predicted octanol–water partition coefficient (Wildman–Crippen LogP) is 3.07. The second-order valence-electron chi connectivity index (χ2n) is 5.78. The minimum atomic E-state index is -0.367. The molecule has 1 aromatic heterocycles. The fourth-order valence-corrected chi connectivity index (χ4v) is 1.78. The summed E-state index contributed by atoms with van der Waals surface area (Å²) >= 11 is 0. The fourth-order valence-electron chi connectivity index (χ4n) is 1.78. The molecule has 0 atom stereocenters. The Bertz CT molecular complexity index is 395. The highest BCUT2D eigenvalue weighted by Crippen LogP contribution is 2.14. The average molecular weight is 279 g/mol. The van der Waals surface area contributed by atoms with Crippen molar-refractivity contribution in [3.8, 4) is 0 Å². The predicted molar refractivity (Wildman–Crippen MR) is 80.3 cm³/mol. The zero-order valence-corrected chi connectivity index (χ0v) is 12.6. The molecule has 0 aliphatic carbocycles. The molecule has 2 heterocycles. The number of likely N-dealkylation sites (tertiary alicyclic amines) is 1. The quantitative estimate of drug-likeness (QED) is 0.792. The highest BCUT2D eigenvalue weighted by molar-refractivity contribution is 5.68. The Morgan fingerprint density at radius 2 is 1.90 bits per heavy atom. The molecule has 0 radical (unpaired) electrons. The number of anilines is 1. The van der Waals surface area contributed by atoms with Crippen molar-refractivity contribution in [1.29, 1.82) is 0 Å². The van der Waals surface area contributed by atoms with Crippen molar-refractivity contribution < 1.29 is 9.53 Å². The molecule has 0 unspecified atom stereocenters. The van der Waals surface area contributed by atoms with Crippen LogP contribution in [0.5, 0.6) is 0 Å². The van der Waals surface area contributed by atoms with Gasteiger partial charge in [-0.3, -0.25) is 0 Å². The van der Waals surface area contributed by atoms with Gasteiger partial charge in [-0.05, 0) is 52.2 Å². The van der Waals surface area contributed by atoms with E-state index in [0.29, 0.717) is 5.82 Å². The first-order chi connectivity index (χ1) is 9.38. The Balaban J connectivity index is 0.000000240. The Hall–Kier alpha value is -1.78. The van der Waals surface area contributed by atoms with Crippen molar-refractivity contribution in [2.45, 2.75) is 45.6 Å². The standard InChI is InChI=1S/C10H19NO2.C5H6N2/c1-10(2,3)13-9(12)11-7-5-4-6-8-11;6-5-3-1-2-4-7-5/h4-8H2,1-3H3;1-4H,(H2,6,7). The van der Waals surface area contributed by atoms with Gasteiger partial charge in [0.2, 0.25) is 0 Å². The first-order valence-corrected chi connectivity index (χ1v) is 7.03. The molecule has 1 fully saturated rings. The van der Waals surface area contributed by atoms with Crippen LogP contribution in [0.25, 0.3) is 0 Å². The van der Waals surface area contributed by atoms with Crippen molar-refractivity contribution in [1.82, 2.24) is 9.88 Å². The van der Waals surface area contributed by atoms with Crippen molar-refractivity contribution in [3.05, 3.63) is 24.4 Å². The van der Waals surface area contributed by atoms with E-state index in [0.717, 1.165) is 25.9 Å². The number of nitrogen functional groups attached to an aromatic ring is 1. The number of amides is 1. The number of nitrogens with zero attached hydrogens (tertiary/aromatic N) is 2. The number of carbonyl (C=O) groups excluding carboxylic acids is 1. The SMILES string of the molecule is CC(C)(C)OC(=O)N1CCCCC1.Nc1ccccn1. The normalized spacial score (nSPS) is 15.1. The number of aromatic nitrogens is 1. The summed E-state index contributed by atoms with van der Waals surface area (Å²) in [6.45, 7) is 7.41. The van der Waals surface area contributed by atoms with E-state index in [1.165, 1.54) is 6.42 Å². The van der Waals surface area contributed by atoms with Gasteiger partial charge in [0.25, 0.3) is 0 Å². The van der Waals surface area contributed by atoms with Gasteiger partial charge in [-0.2, -0.15) is 0 Å². The zero-order valence-electron chi connectivity index (χ0n) is 12.6. The van der Waals surface area contributed by atoms with Gasteiger partial charge in [-0.1, -0.05) is 6.07 Å². The minimum Gasteiger partial charge on any atom is -0.444 e. The third-order valence-corrected chi connectivity index (χ3v) is 2.70. The van der Waals surface area contributed by atoms with Crippen LogP contribution in [-0.4, -0.2) is 34.7 Å². The molecule has 0 spiro atoms. The monoisotopic (exact) mass is 279 g/mol. The lowest BCUT2D eigenvalue weighted by Gasteiger charge is -2.29. The van der Waals surface area contributed by atoms with E-state index >= 15 is 0 Å². The minimum absolute atomic E-state index is 0.160. The van der Waals surface area contributed by atoms with Crippen LogP contribution in [0.15, 0.2) is 24.4 Å². The number of rotatable bonds is 0. The summed E-state index contributed by atoms with van der Waals surface area (Å²) in [7, 11) is 0. The van der Waals surface area contributed by atoms with Gasteiger partial charge in [0, 0.05) is 19.3 Å². The lowest BCUT2D eigenvalue weighted by Crippen LogP contribution is -2.39. The Kier molecular flexibility index (Phi) is 6.28. The van der Waals surface area contributed by atoms with E-state index < -0.39 is 0 Å². The van der Waals surface area contributed by atoms with Crippen LogP contribution in [0.3, 0.4) is 0 Å². The molecule has 1 aromatic rings. The smallest absolute Gasteiger partial charge is 0.410 e. The maximum Gasteiger partial charge on any atom is 0.410 e. The molecule has 2 rings (SSSR count). The van der Waals surface area contributed by atoms with Crippen molar-refractivity contribution in [3.63, 3.8) is 0 Å². The molecular weight excluding hydrogens is 254 g/mol.